The van der Waals surface area contributed by atoms with Gasteiger partial charge in [-0.2, -0.15) is 0 Å². The summed E-state index contributed by atoms with van der Waals surface area (Å²) in [6, 6.07) is 4.65. The van der Waals surface area contributed by atoms with Crippen molar-refractivity contribution in [3.63, 3.8) is 0 Å². The van der Waals surface area contributed by atoms with Gasteiger partial charge in [-0.1, -0.05) is 6.07 Å². The van der Waals surface area contributed by atoms with Crippen LogP contribution in [0, 0.1) is 17.0 Å². The molecule has 0 radical (unpaired) electrons. The second-order valence-corrected chi connectivity index (χ2v) is 4.05. The number of nitrogens with zero attached hydrogens (tertiary/aromatic N) is 1. The van der Waals surface area contributed by atoms with Gasteiger partial charge in [-0.3, -0.25) is 14.9 Å². The van der Waals surface area contributed by atoms with Gasteiger partial charge in [-0.05, 0) is 32.4 Å². The van der Waals surface area contributed by atoms with Crippen molar-refractivity contribution >= 4 is 17.3 Å². The Balaban J connectivity index is 2.65. The lowest BCUT2D eigenvalue weighted by Gasteiger charge is -2.05. The van der Waals surface area contributed by atoms with E-state index < -0.39 is 4.92 Å². The number of hydrogen-bond acceptors (Lipinski definition) is 4. The minimum Gasteiger partial charge on any atom is -0.330 e. The van der Waals surface area contributed by atoms with Crippen LogP contribution in [0.1, 0.15) is 24.8 Å². The van der Waals surface area contributed by atoms with Gasteiger partial charge in [0.25, 0.3) is 5.69 Å². The second-order valence-electron chi connectivity index (χ2n) is 4.05. The molecular formula is C12H17N3O3. The molecule has 0 saturated carbocycles. The summed E-state index contributed by atoms with van der Waals surface area (Å²) in [4.78, 5) is 21.8. The van der Waals surface area contributed by atoms with Gasteiger partial charge < -0.3 is 11.1 Å². The zero-order valence-electron chi connectivity index (χ0n) is 10.3. The minimum atomic E-state index is -0.459. The molecule has 0 fully saturated rings. The third-order valence-corrected chi connectivity index (χ3v) is 2.55. The first-order valence-corrected chi connectivity index (χ1v) is 5.79. The number of carbonyl (C=O) groups excluding carboxylic acids is 1. The van der Waals surface area contributed by atoms with E-state index in [2.05, 4.69) is 5.32 Å². The molecule has 0 heterocycles. The van der Waals surface area contributed by atoms with Crippen LogP contribution >= 0.6 is 0 Å². The number of nitrogens with two attached hydrogens (primary N) is 1. The van der Waals surface area contributed by atoms with E-state index in [1.54, 1.807) is 19.1 Å². The molecule has 6 nitrogen and oxygen atoms in total. The Morgan fingerprint density at radius 2 is 2.17 bits per heavy atom. The summed E-state index contributed by atoms with van der Waals surface area (Å²) in [5.74, 6) is -0.151. The Bertz CT molecular complexity index is 446. The van der Waals surface area contributed by atoms with Crippen LogP contribution in [0.4, 0.5) is 11.4 Å². The average molecular weight is 251 g/mol. The van der Waals surface area contributed by atoms with Crippen molar-refractivity contribution in [2.45, 2.75) is 26.2 Å². The molecule has 0 spiro atoms. The Labute approximate surface area is 105 Å². The lowest BCUT2D eigenvalue weighted by atomic mass is 10.1. The normalized spacial score (nSPS) is 10.1. The Kier molecular flexibility index (Phi) is 5.26. The monoisotopic (exact) mass is 251 g/mol. The van der Waals surface area contributed by atoms with Crippen molar-refractivity contribution in [3.8, 4) is 0 Å². The summed E-state index contributed by atoms with van der Waals surface area (Å²) in [6.45, 7) is 2.22. The van der Waals surface area contributed by atoms with Gasteiger partial charge >= 0.3 is 0 Å². The molecule has 18 heavy (non-hydrogen) atoms. The molecule has 3 N–H and O–H groups in total. The number of hydrogen-bond donors (Lipinski definition) is 2. The van der Waals surface area contributed by atoms with Crippen LogP contribution < -0.4 is 11.1 Å². The largest absolute Gasteiger partial charge is 0.330 e. The summed E-state index contributed by atoms with van der Waals surface area (Å²) in [5, 5.41) is 13.4. The first kappa shape index (κ1) is 14.1. The van der Waals surface area contributed by atoms with Crippen molar-refractivity contribution in [3.05, 3.63) is 33.9 Å². The highest BCUT2D eigenvalue weighted by molar-refractivity contribution is 5.91. The molecule has 98 valence electrons. The SMILES string of the molecule is Cc1ccc(NC(=O)CCCCN)cc1[N+](=O)[O-]. The molecule has 0 aliphatic carbocycles. The number of unbranched alkanes of at least 4 members (excludes halogenated alkanes) is 1. The van der Waals surface area contributed by atoms with E-state index in [9.17, 15) is 14.9 Å². The molecule has 0 unspecified atom stereocenters. The fourth-order valence-corrected chi connectivity index (χ4v) is 1.54. The molecule has 1 rings (SSSR count). The van der Waals surface area contributed by atoms with Gasteiger partial charge in [0.1, 0.15) is 0 Å². The van der Waals surface area contributed by atoms with Crippen LogP contribution in [0.2, 0.25) is 0 Å². The summed E-state index contributed by atoms with van der Waals surface area (Å²) >= 11 is 0. The van der Waals surface area contributed by atoms with Crippen LogP contribution in [0.3, 0.4) is 0 Å². The van der Waals surface area contributed by atoms with Crippen LogP contribution in [0.5, 0.6) is 0 Å². The Morgan fingerprint density at radius 3 is 2.78 bits per heavy atom. The molecule has 0 aliphatic rings. The van der Waals surface area contributed by atoms with Crippen LogP contribution in [-0.2, 0) is 4.79 Å². The number of rotatable bonds is 6. The predicted molar refractivity (Wildman–Crippen MR) is 69.4 cm³/mol. The second kappa shape index (κ2) is 6.70. The third-order valence-electron chi connectivity index (χ3n) is 2.55. The van der Waals surface area contributed by atoms with Gasteiger partial charge in [0, 0.05) is 23.7 Å². The maximum Gasteiger partial charge on any atom is 0.274 e. The molecule has 0 atom stereocenters. The van der Waals surface area contributed by atoms with Gasteiger partial charge in [0.05, 0.1) is 4.92 Å². The smallest absolute Gasteiger partial charge is 0.274 e. The third kappa shape index (κ3) is 4.14. The number of anilines is 1. The molecule has 1 aromatic carbocycles. The lowest BCUT2D eigenvalue weighted by molar-refractivity contribution is -0.385. The minimum absolute atomic E-state index is 0.00904. The van der Waals surface area contributed by atoms with E-state index >= 15 is 0 Å². The number of aryl methyl sites for hydroxylation is 1. The van der Waals surface area contributed by atoms with Crippen molar-refractivity contribution < 1.29 is 9.72 Å². The van der Waals surface area contributed by atoms with E-state index in [0.717, 1.165) is 12.8 Å². The fraction of sp³-hybridized carbons (Fsp3) is 0.417. The number of benzene rings is 1. The van der Waals surface area contributed by atoms with Crippen LogP contribution in [0.25, 0.3) is 0 Å². The number of nitro benzene ring substituents is 1. The standard InChI is InChI=1S/C12H17N3O3/c1-9-5-6-10(8-11(9)15(17)18)14-12(16)4-2-3-7-13/h5-6,8H,2-4,7,13H2,1H3,(H,14,16). The van der Waals surface area contributed by atoms with E-state index in [1.165, 1.54) is 6.07 Å². The zero-order chi connectivity index (χ0) is 13.5. The molecule has 0 saturated heterocycles. The maximum atomic E-state index is 11.5. The number of nitrogens with one attached hydrogen (secondary N) is 1. The van der Waals surface area contributed by atoms with Crippen LogP contribution in [-0.4, -0.2) is 17.4 Å². The highest BCUT2D eigenvalue weighted by Gasteiger charge is 2.12. The molecule has 0 bridgehead atoms. The highest BCUT2D eigenvalue weighted by Crippen LogP contribution is 2.22. The summed E-state index contributed by atoms with van der Waals surface area (Å²) in [5.41, 5.74) is 6.36. The Morgan fingerprint density at radius 1 is 1.44 bits per heavy atom. The maximum absolute atomic E-state index is 11.5. The topological polar surface area (TPSA) is 98.3 Å². The summed E-state index contributed by atoms with van der Waals surface area (Å²) in [6.07, 6.45) is 1.89. The van der Waals surface area contributed by atoms with Gasteiger partial charge in [-0.25, -0.2) is 0 Å². The van der Waals surface area contributed by atoms with Crippen molar-refractivity contribution in [2.24, 2.45) is 5.73 Å². The first-order chi connectivity index (χ1) is 8.54. The van der Waals surface area contributed by atoms with Crippen molar-refractivity contribution in [2.75, 3.05) is 11.9 Å². The number of carbonyl (C=O) groups is 1. The van der Waals surface area contributed by atoms with Gasteiger partial charge in [0.15, 0.2) is 0 Å². The number of amides is 1. The Hall–Kier alpha value is -1.95. The van der Waals surface area contributed by atoms with E-state index in [0.29, 0.717) is 24.2 Å². The summed E-state index contributed by atoms with van der Waals surface area (Å²) < 4.78 is 0. The van der Waals surface area contributed by atoms with Crippen molar-refractivity contribution in [1.29, 1.82) is 0 Å². The lowest BCUT2D eigenvalue weighted by Crippen LogP contribution is -2.12. The fourth-order valence-electron chi connectivity index (χ4n) is 1.54. The number of nitro groups is 1. The molecule has 6 heteroatoms. The average Bonchev–Trinajstić information content (AvgIpc) is 2.31. The van der Waals surface area contributed by atoms with Crippen molar-refractivity contribution in [1.82, 2.24) is 0 Å². The molecule has 1 aromatic rings. The van der Waals surface area contributed by atoms with E-state index in [-0.39, 0.29) is 11.6 Å². The van der Waals surface area contributed by atoms with Crippen LogP contribution in [0.15, 0.2) is 18.2 Å². The zero-order valence-corrected chi connectivity index (χ0v) is 10.3. The van der Waals surface area contributed by atoms with E-state index in [4.69, 9.17) is 5.73 Å². The predicted octanol–water partition coefficient (Wildman–Crippen LogP) is 1.97. The quantitative estimate of drug-likeness (QED) is 0.458. The van der Waals surface area contributed by atoms with E-state index in [1.807, 2.05) is 0 Å². The van der Waals surface area contributed by atoms with Gasteiger partial charge in [-0.15, -0.1) is 0 Å². The summed E-state index contributed by atoms with van der Waals surface area (Å²) in [7, 11) is 0. The van der Waals surface area contributed by atoms with Gasteiger partial charge in [0.2, 0.25) is 5.91 Å². The molecule has 0 aromatic heterocycles. The first-order valence-electron chi connectivity index (χ1n) is 5.79. The molecule has 1 amide bonds. The molecular weight excluding hydrogens is 234 g/mol. The highest BCUT2D eigenvalue weighted by atomic mass is 16.6. The molecule has 0 aliphatic heterocycles.